The highest BCUT2D eigenvalue weighted by Crippen LogP contribution is 2.37. The summed E-state index contributed by atoms with van der Waals surface area (Å²) in [6.07, 6.45) is 5.80. The second-order valence-corrected chi connectivity index (χ2v) is 8.23. The van der Waals surface area contributed by atoms with Crippen molar-refractivity contribution in [2.45, 2.75) is 38.0 Å². The summed E-state index contributed by atoms with van der Waals surface area (Å²) in [5.41, 5.74) is 0.622. The van der Waals surface area contributed by atoms with Crippen molar-refractivity contribution < 1.29 is 14.6 Å². The maximum absolute atomic E-state index is 11.9. The van der Waals surface area contributed by atoms with Gasteiger partial charge in [0.1, 0.15) is 21.8 Å². The van der Waals surface area contributed by atoms with E-state index in [4.69, 9.17) is 4.74 Å². The summed E-state index contributed by atoms with van der Waals surface area (Å²) < 4.78 is 6.28. The van der Waals surface area contributed by atoms with Gasteiger partial charge in [0, 0.05) is 35.2 Å². The molecule has 0 fully saturated rings. The van der Waals surface area contributed by atoms with Gasteiger partial charge in [0.05, 0.1) is 6.61 Å². The zero-order valence-corrected chi connectivity index (χ0v) is 17.5. The SMILES string of the molecule is CC(C)C(=O)Cc1ccc(OCCCCSc2ccncc2)c(Br)c1O. The zero-order valence-electron chi connectivity index (χ0n) is 15.1. The molecule has 0 aliphatic carbocycles. The molecule has 140 valence electrons. The number of hydrogen-bond donors (Lipinski definition) is 1. The molecule has 0 amide bonds. The van der Waals surface area contributed by atoms with Crippen LogP contribution in [0.1, 0.15) is 32.3 Å². The molecule has 0 spiro atoms. The standard InChI is InChI=1S/C20H24BrNO3S/c1-14(2)17(23)13-15-5-6-18(19(21)20(15)24)25-11-3-4-12-26-16-7-9-22-10-8-16/h5-10,14,24H,3-4,11-13H2,1-2H3. The third kappa shape index (κ3) is 6.32. The number of halogens is 1. The molecule has 4 nitrogen and oxygen atoms in total. The number of ketones is 1. The molecule has 0 saturated heterocycles. The van der Waals surface area contributed by atoms with Crippen molar-refractivity contribution >= 4 is 33.5 Å². The molecule has 26 heavy (non-hydrogen) atoms. The Bertz CT molecular complexity index is 722. The Labute approximate surface area is 167 Å². The average molecular weight is 438 g/mol. The van der Waals surface area contributed by atoms with Crippen molar-refractivity contribution in [1.29, 1.82) is 0 Å². The van der Waals surface area contributed by atoms with Crippen molar-refractivity contribution in [2.24, 2.45) is 5.92 Å². The molecule has 6 heteroatoms. The number of pyridine rings is 1. The van der Waals surface area contributed by atoms with Gasteiger partial charge in [-0.3, -0.25) is 9.78 Å². The van der Waals surface area contributed by atoms with Crippen LogP contribution in [0.25, 0.3) is 0 Å². The van der Waals surface area contributed by atoms with Gasteiger partial charge < -0.3 is 9.84 Å². The average Bonchev–Trinajstić information content (AvgIpc) is 2.64. The first-order valence-corrected chi connectivity index (χ1v) is 10.5. The zero-order chi connectivity index (χ0) is 18.9. The lowest BCUT2D eigenvalue weighted by Crippen LogP contribution is -2.10. The Balaban J connectivity index is 1.77. The third-order valence-corrected chi connectivity index (χ3v) is 5.75. The lowest BCUT2D eigenvalue weighted by molar-refractivity contribution is -0.121. The van der Waals surface area contributed by atoms with Gasteiger partial charge in [0.25, 0.3) is 0 Å². The molecule has 0 aliphatic rings. The highest BCUT2D eigenvalue weighted by Gasteiger charge is 2.15. The van der Waals surface area contributed by atoms with Crippen molar-refractivity contribution in [3.8, 4) is 11.5 Å². The van der Waals surface area contributed by atoms with Crippen LogP contribution in [0.2, 0.25) is 0 Å². The number of rotatable bonds is 10. The number of phenols is 1. The van der Waals surface area contributed by atoms with Gasteiger partial charge in [0.2, 0.25) is 0 Å². The topological polar surface area (TPSA) is 59.4 Å². The van der Waals surface area contributed by atoms with E-state index in [0.717, 1.165) is 18.6 Å². The van der Waals surface area contributed by atoms with Crippen LogP contribution in [0, 0.1) is 5.92 Å². The van der Waals surface area contributed by atoms with Crippen LogP contribution in [0.5, 0.6) is 11.5 Å². The molecule has 2 rings (SSSR count). The first kappa shape index (κ1) is 20.8. The summed E-state index contributed by atoms with van der Waals surface area (Å²) in [7, 11) is 0. The number of benzene rings is 1. The lowest BCUT2D eigenvalue weighted by Gasteiger charge is -2.12. The van der Waals surface area contributed by atoms with E-state index in [-0.39, 0.29) is 23.9 Å². The minimum atomic E-state index is -0.0471. The highest BCUT2D eigenvalue weighted by atomic mass is 79.9. The summed E-state index contributed by atoms with van der Waals surface area (Å²) >= 11 is 5.18. The minimum Gasteiger partial charge on any atom is -0.506 e. The van der Waals surface area contributed by atoms with Crippen LogP contribution in [-0.2, 0) is 11.2 Å². The van der Waals surface area contributed by atoms with Gasteiger partial charge in [-0.1, -0.05) is 19.9 Å². The number of unbranched alkanes of at least 4 members (excludes halogenated alkanes) is 1. The van der Waals surface area contributed by atoms with E-state index < -0.39 is 0 Å². The molecule has 1 aromatic heterocycles. The molecule has 0 aliphatic heterocycles. The molecular formula is C20H24BrNO3S. The predicted molar refractivity (Wildman–Crippen MR) is 109 cm³/mol. The number of thioether (sulfide) groups is 1. The van der Waals surface area contributed by atoms with E-state index in [9.17, 15) is 9.90 Å². The number of hydrogen-bond acceptors (Lipinski definition) is 5. The van der Waals surface area contributed by atoms with E-state index in [1.807, 2.05) is 26.0 Å². The first-order valence-electron chi connectivity index (χ1n) is 8.67. The fourth-order valence-corrected chi connectivity index (χ4v) is 3.64. The maximum Gasteiger partial charge on any atom is 0.139 e. The number of phenolic OH excluding ortho intramolecular Hbond substituents is 1. The first-order chi connectivity index (χ1) is 12.5. The van der Waals surface area contributed by atoms with Crippen molar-refractivity contribution in [3.05, 3.63) is 46.7 Å². The Morgan fingerprint density at radius 1 is 1.23 bits per heavy atom. The molecule has 0 radical (unpaired) electrons. The van der Waals surface area contributed by atoms with Gasteiger partial charge >= 0.3 is 0 Å². The van der Waals surface area contributed by atoms with E-state index in [2.05, 4.69) is 20.9 Å². The molecule has 1 heterocycles. The van der Waals surface area contributed by atoms with Gasteiger partial charge in [-0.2, -0.15) is 0 Å². The van der Waals surface area contributed by atoms with Crippen LogP contribution in [0.15, 0.2) is 46.0 Å². The van der Waals surface area contributed by atoms with Crippen molar-refractivity contribution in [2.75, 3.05) is 12.4 Å². The highest BCUT2D eigenvalue weighted by molar-refractivity contribution is 9.10. The summed E-state index contributed by atoms with van der Waals surface area (Å²) in [6.45, 7) is 4.30. The molecular weight excluding hydrogens is 414 g/mol. The van der Waals surface area contributed by atoms with Gasteiger partial charge in [-0.05, 0) is 52.7 Å². The summed E-state index contributed by atoms with van der Waals surface area (Å²) in [5, 5.41) is 10.3. The van der Waals surface area contributed by atoms with Crippen LogP contribution in [0.4, 0.5) is 0 Å². The fourth-order valence-electron chi connectivity index (χ4n) is 2.24. The monoisotopic (exact) mass is 437 g/mol. The largest absolute Gasteiger partial charge is 0.506 e. The van der Waals surface area contributed by atoms with Crippen LogP contribution in [0.3, 0.4) is 0 Å². The molecule has 2 aromatic rings. The number of aromatic hydroxyl groups is 1. The van der Waals surface area contributed by atoms with Gasteiger partial charge in [0.15, 0.2) is 0 Å². The minimum absolute atomic E-state index is 0.0471. The normalized spacial score (nSPS) is 10.9. The molecule has 1 N–H and O–H groups in total. The quantitative estimate of drug-likeness (QED) is 0.405. The van der Waals surface area contributed by atoms with Crippen LogP contribution in [-0.4, -0.2) is 28.2 Å². The molecule has 0 bridgehead atoms. The number of Topliss-reactive ketones (excluding diaryl/α,β-unsaturated/α-hetero) is 1. The lowest BCUT2D eigenvalue weighted by atomic mass is 10.0. The van der Waals surface area contributed by atoms with Crippen LogP contribution >= 0.6 is 27.7 Å². The van der Waals surface area contributed by atoms with Crippen molar-refractivity contribution in [3.63, 3.8) is 0 Å². The van der Waals surface area contributed by atoms with E-state index in [0.29, 0.717) is 22.4 Å². The van der Waals surface area contributed by atoms with Gasteiger partial charge in [-0.25, -0.2) is 0 Å². The maximum atomic E-state index is 11.9. The number of carbonyl (C=O) groups excluding carboxylic acids is 1. The second kappa shape index (κ2) is 10.6. The van der Waals surface area contributed by atoms with E-state index in [1.165, 1.54) is 4.90 Å². The Morgan fingerprint density at radius 2 is 1.96 bits per heavy atom. The van der Waals surface area contributed by atoms with E-state index in [1.54, 1.807) is 36.3 Å². The second-order valence-electron chi connectivity index (χ2n) is 6.27. The number of ether oxygens (including phenoxy) is 1. The summed E-state index contributed by atoms with van der Waals surface area (Å²) in [4.78, 5) is 17.1. The van der Waals surface area contributed by atoms with Gasteiger partial charge in [-0.15, -0.1) is 11.8 Å². The summed E-state index contributed by atoms with van der Waals surface area (Å²) in [6, 6.07) is 7.58. The predicted octanol–water partition coefficient (Wildman–Crippen LogP) is 5.27. The number of carbonyl (C=O) groups is 1. The Morgan fingerprint density at radius 3 is 2.65 bits per heavy atom. The van der Waals surface area contributed by atoms with Crippen LogP contribution < -0.4 is 4.74 Å². The third-order valence-electron chi connectivity index (χ3n) is 3.89. The molecule has 0 atom stereocenters. The number of aromatic nitrogens is 1. The fraction of sp³-hybridized carbons (Fsp3) is 0.400. The Hall–Kier alpha value is -1.53. The Kier molecular flexibility index (Phi) is 8.45. The molecule has 0 unspecified atom stereocenters. The molecule has 0 saturated carbocycles. The molecule has 1 aromatic carbocycles. The van der Waals surface area contributed by atoms with Crippen molar-refractivity contribution in [1.82, 2.24) is 4.98 Å². The van der Waals surface area contributed by atoms with E-state index >= 15 is 0 Å². The smallest absolute Gasteiger partial charge is 0.139 e. The summed E-state index contributed by atoms with van der Waals surface area (Å²) in [5.74, 6) is 1.77. The number of nitrogens with zero attached hydrogens (tertiary/aromatic N) is 1.